The highest BCUT2D eigenvalue weighted by Crippen LogP contribution is 2.19. The second kappa shape index (κ2) is 10.6. The molecule has 7 heteroatoms. The van der Waals surface area contributed by atoms with Crippen molar-refractivity contribution < 1.29 is 9.53 Å². The fourth-order valence-electron chi connectivity index (χ4n) is 3.36. The fourth-order valence-corrected chi connectivity index (χ4v) is 3.36. The first kappa shape index (κ1) is 20.1. The first-order chi connectivity index (χ1) is 13.7. The van der Waals surface area contributed by atoms with Gasteiger partial charge in [-0.25, -0.2) is 9.97 Å². The van der Waals surface area contributed by atoms with Crippen LogP contribution in [-0.4, -0.2) is 54.1 Å². The zero-order valence-corrected chi connectivity index (χ0v) is 16.4. The van der Waals surface area contributed by atoms with Gasteiger partial charge in [0.15, 0.2) is 0 Å². The van der Waals surface area contributed by atoms with E-state index < -0.39 is 0 Å². The molecular formula is C21H29N5O2. The summed E-state index contributed by atoms with van der Waals surface area (Å²) in [5.74, 6) is 2.08. The molecule has 1 amide bonds. The molecule has 1 aliphatic rings. The Hall–Kier alpha value is -2.67. The molecule has 0 unspecified atom stereocenters. The van der Waals surface area contributed by atoms with Crippen molar-refractivity contribution in [3.63, 3.8) is 0 Å². The zero-order valence-electron chi connectivity index (χ0n) is 16.4. The molecule has 1 aromatic heterocycles. The Balaban J connectivity index is 1.29. The first-order valence-electron chi connectivity index (χ1n) is 9.86. The van der Waals surface area contributed by atoms with Crippen LogP contribution in [-0.2, 0) is 11.3 Å². The summed E-state index contributed by atoms with van der Waals surface area (Å²) in [4.78, 5) is 22.6. The molecular weight excluding hydrogens is 354 g/mol. The normalized spacial score (nSPS) is 15.2. The molecule has 0 atom stereocenters. The molecule has 0 spiro atoms. The highest BCUT2D eigenvalue weighted by atomic mass is 16.5. The number of ether oxygens (including phenoxy) is 1. The van der Waals surface area contributed by atoms with Crippen LogP contribution in [0, 0.1) is 5.92 Å². The van der Waals surface area contributed by atoms with Crippen LogP contribution in [0.3, 0.4) is 0 Å². The molecule has 7 nitrogen and oxygen atoms in total. The predicted octanol–water partition coefficient (Wildman–Crippen LogP) is 2.32. The first-order valence-corrected chi connectivity index (χ1v) is 9.86. The lowest BCUT2D eigenvalue weighted by Crippen LogP contribution is -2.38. The molecule has 1 fully saturated rings. The Morgan fingerprint density at radius 1 is 1.18 bits per heavy atom. The number of aromatic nitrogens is 2. The third kappa shape index (κ3) is 6.49. The Morgan fingerprint density at radius 3 is 2.57 bits per heavy atom. The number of piperidine rings is 1. The van der Waals surface area contributed by atoms with Gasteiger partial charge in [-0.15, -0.1) is 0 Å². The number of nitrogens with zero attached hydrogens (tertiary/aromatic N) is 3. The number of likely N-dealkylation sites (tertiary alicyclic amines) is 1. The molecule has 2 heterocycles. The van der Waals surface area contributed by atoms with Crippen LogP contribution in [0.25, 0.3) is 0 Å². The van der Waals surface area contributed by atoms with E-state index in [1.807, 2.05) is 12.1 Å². The highest BCUT2D eigenvalue weighted by Gasteiger charge is 2.19. The Kier molecular flexibility index (Phi) is 7.61. The minimum atomic E-state index is 0.0732. The van der Waals surface area contributed by atoms with Crippen LogP contribution in [0.15, 0.2) is 42.7 Å². The quantitative estimate of drug-likeness (QED) is 0.692. The van der Waals surface area contributed by atoms with Gasteiger partial charge in [-0.2, -0.15) is 0 Å². The summed E-state index contributed by atoms with van der Waals surface area (Å²) < 4.78 is 5.21. The molecule has 28 heavy (non-hydrogen) atoms. The van der Waals surface area contributed by atoms with E-state index in [2.05, 4.69) is 37.6 Å². The van der Waals surface area contributed by atoms with E-state index in [-0.39, 0.29) is 5.91 Å². The lowest BCUT2D eigenvalue weighted by molar-refractivity contribution is -0.121. The van der Waals surface area contributed by atoms with Gasteiger partial charge in [-0.1, -0.05) is 12.1 Å². The van der Waals surface area contributed by atoms with Gasteiger partial charge in [0.05, 0.1) is 7.11 Å². The number of benzene rings is 1. The number of carbonyl (C=O) groups is 1. The summed E-state index contributed by atoms with van der Waals surface area (Å²) in [5.41, 5.74) is 1.31. The van der Waals surface area contributed by atoms with E-state index in [1.165, 1.54) is 5.56 Å². The summed E-state index contributed by atoms with van der Waals surface area (Å²) in [5, 5.41) is 6.12. The summed E-state index contributed by atoms with van der Waals surface area (Å²) >= 11 is 0. The van der Waals surface area contributed by atoms with E-state index in [4.69, 9.17) is 4.74 Å². The van der Waals surface area contributed by atoms with Gasteiger partial charge in [0.2, 0.25) is 11.9 Å². The molecule has 3 rings (SSSR count). The Labute approximate surface area is 166 Å². The lowest BCUT2D eigenvalue weighted by Gasteiger charge is -2.32. The monoisotopic (exact) mass is 383 g/mol. The third-order valence-corrected chi connectivity index (χ3v) is 5.06. The van der Waals surface area contributed by atoms with Crippen molar-refractivity contribution in [1.29, 1.82) is 0 Å². The van der Waals surface area contributed by atoms with E-state index in [0.717, 1.165) is 44.8 Å². The molecule has 2 N–H and O–H groups in total. The van der Waals surface area contributed by atoms with Gasteiger partial charge in [-0.3, -0.25) is 9.69 Å². The zero-order chi connectivity index (χ0) is 19.6. The van der Waals surface area contributed by atoms with Gasteiger partial charge in [0.1, 0.15) is 5.75 Å². The molecule has 1 aliphatic heterocycles. The second-order valence-corrected chi connectivity index (χ2v) is 7.12. The van der Waals surface area contributed by atoms with E-state index in [0.29, 0.717) is 24.8 Å². The van der Waals surface area contributed by atoms with Gasteiger partial charge in [0, 0.05) is 38.4 Å². The molecule has 0 aliphatic carbocycles. The van der Waals surface area contributed by atoms with E-state index >= 15 is 0 Å². The largest absolute Gasteiger partial charge is 0.497 e. The lowest BCUT2D eigenvalue weighted by atomic mass is 9.96. The minimum Gasteiger partial charge on any atom is -0.497 e. The van der Waals surface area contributed by atoms with Crippen molar-refractivity contribution in [2.45, 2.75) is 25.8 Å². The van der Waals surface area contributed by atoms with Crippen LogP contribution in [0.4, 0.5) is 5.95 Å². The summed E-state index contributed by atoms with van der Waals surface area (Å²) in [7, 11) is 1.69. The molecule has 2 aromatic rings. The van der Waals surface area contributed by atoms with Gasteiger partial charge in [0.25, 0.3) is 0 Å². The van der Waals surface area contributed by atoms with Gasteiger partial charge >= 0.3 is 0 Å². The average Bonchev–Trinajstić information content (AvgIpc) is 2.74. The van der Waals surface area contributed by atoms with Crippen molar-refractivity contribution in [1.82, 2.24) is 20.2 Å². The number of hydrogen-bond acceptors (Lipinski definition) is 6. The standard InChI is InChI=1S/C21H29N5O2/c1-28-19-5-3-18(4-6-19)16-26-13-8-17(9-14-26)15-25-20(27)7-12-24-21-22-10-2-11-23-21/h2-6,10-11,17H,7-9,12-16H2,1H3,(H,25,27)(H,22,23,24). The van der Waals surface area contributed by atoms with Crippen LogP contribution in [0.5, 0.6) is 5.75 Å². The maximum Gasteiger partial charge on any atom is 0.222 e. The van der Waals surface area contributed by atoms with E-state index in [1.54, 1.807) is 25.6 Å². The van der Waals surface area contributed by atoms with Crippen LogP contribution in [0.1, 0.15) is 24.8 Å². The van der Waals surface area contributed by atoms with Crippen LogP contribution in [0.2, 0.25) is 0 Å². The smallest absolute Gasteiger partial charge is 0.222 e. The number of hydrogen-bond donors (Lipinski definition) is 2. The molecule has 0 radical (unpaired) electrons. The van der Waals surface area contributed by atoms with Crippen molar-refractivity contribution in [2.75, 3.05) is 38.6 Å². The fraction of sp³-hybridized carbons (Fsp3) is 0.476. The summed E-state index contributed by atoms with van der Waals surface area (Å²) in [6.45, 7) is 4.41. The predicted molar refractivity (Wildman–Crippen MR) is 109 cm³/mol. The average molecular weight is 383 g/mol. The third-order valence-electron chi connectivity index (χ3n) is 5.06. The number of rotatable bonds is 9. The number of amides is 1. The number of methoxy groups -OCH3 is 1. The highest BCUT2D eigenvalue weighted by molar-refractivity contribution is 5.76. The topological polar surface area (TPSA) is 79.4 Å². The summed E-state index contributed by atoms with van der Waals surface area (Å²) in [6, 6.07) is 10.0. The maximum absolute atomic E-state index is 12.0. The molecule has 150 valence electrons. The molecule has 1 aromatic carbocycles. The molecule has 0 saturated carbocycles. The maximum atomic E-state index is 12.0. The minimum absolute atomic E-state index is 0.0732. The number of anilines is 1. The van der Waals surface area contributed by atoms with E-state index in [9.17, 15) is 4.79 Å². The molecule has 0 bridgehead atoms. The number of carbonyl (C=O) groups excluding carboxylic acids is 1. The Bertz CT molecular complexity index is 715. The van der Waals surface area contributed by atoms with Crippen LogP contribution >= 0.6 is 0 Å². The van der Waals surface area contributed by atoms with Crippen molar-refractivity contribution in [3.05, 3.63) is 48.3 Å². The van der Waals surface area contributed by atoms with Crippen molar-refractivity contribution in [2.24, 2.45) is 5.92 Å². The van der Waals surface area contributed by atoms with Crippen LogP contribution < -0.4 is 15.4 Å². The molecule has 1 saturated heterocycles. The Morgan fingerprint density at radius 2 is 1.89 bits per heavy atom. The SMILES string of the molecule is COc1ccc(CN2CCC(CNC(=O)CCNc3ncccn3)CC2)cc1. The number of nitrogens with one attached hydrogen (secondary N) is 2. The van der Waals surface area contributed by atoms with Gasteiger partial charge in [-0.05, 0) is 55.6 Å². The van der Waals surface area contributed by atoms with Crippen molar-refractivity contribution in [3.8, 4) is 5.75 Å². The summed E-state index contributed by atoms with van der Waals surface area (Å²) in [6.07, 6.45) is 6.01. The van der Waals surface area contributed by atoms with Gasteiger partial charge < -0.3 is 15.4 Å². The second-order valence-electron chi connectivity index (χ2n) is 7.12. The van der Waals surface area contributed by atoms with Crippen molar-refractivity contribution >= 4 is 11.9 Å².